The van der Waals surface area contributed by atoms with Crippen molar-refractivity contribution >= 4 is 11.8 Å². The molecule has 2 aromatic heterocycles. The van der Waals surface area contributed by atoms with Gasteiger partial charge in [0.1, 0.15) is 11.9 Å². The topological polar surface area (TPSA) is 84.7 Å². The van der Waals surface area contributed by atoms with Gasteiger partial charge in [0.05, 0.1) is 6.20 Å². The molecule has 1 aromatic carbocycles. The lowest BCUT2D eigenvalue weighted by Crippen LogP contribution is -2.35. The fourth-order valence-corrected chi connectivity index (χ4v) is 2.49. The summed E-state index contributed by atoms with van der Waals surface area (Å²) in [6.07, 6.45) is 8.12. The first-order valence-electron chi connectivity index (χ1n) is 7.51. The van der Waals surface area contributed by atoms with Crippen molar-refractivity contribution in [3.8, 4) is 0 Å². The van der Waals surface area contributed by atoms with E-state index < -0.39 is 0 Å². The minimum Gasteiger partial charge on any atom is -0.336 e. The molecular formula is C17H18N6O. The molecule has 1 unspecified atom stereocenters. The summed E-state index contributed by atoms with van der Waals surface area (Å²) < 4.78 is 1.89. The number of carbonyl (C=O) groups is 1. The number of nitrogens with zero attached hydrogens (tertiary/aromatic N) is 4. The SMILES string of the molecule is Cc1ccccc1C(NC(=O)Nc1cnccn1)c1nccn1C. The molecule has 0 aliphatic carbocycles. The number of aryl methyl sites for hydroxylation is 2. The van der Waals surface area contributed by atoms with Gasteiger partial charge in [0.15, 0.2) is 5.82 Å². The number of imidazole rings is 1. The van der Waals surface area contributed by atoms with Gasteiger partial charge in [0.2, 0.25) is 0 Å². The van der Waals surface area contributed by atoms with E-state index in [1.807, 2.05) is 49.0 Å². The van der Waals surface area contributed by atoms with Crippen LogP contribution in [0.1, 0.15) is 23.0 Å². The summed E-state index contributed by atoms with van der Waals surface area (Å²) in [5, 5.41) is 5.65. The van der Waals surface area contributed by atoms with Crippen molar-refractivity contribution in [1.82, 2.24) is 24.8 Å². The maximum atomic E-state index is 12.4. The van der Waals surface area contributed by atoms with Gasteiger partial charge in [-0.1, -0.05) is 24.3 Å². The number of benzene rings is 1. The Bertz CT molecular complexity index is 830. The summed E-state index contributed by atoms with van der Waals surface area (Å²) in [5.41, 5.74) is 2.06. The predicted octanol–water partition coefficient (Wildman–Crippen LogP) is 2.43. The number of hydrogen-bond donors (Lipinski definition) is 2. The van der Waals surface area contributed by atoms with Crippen LogP contribution in [0.4, 0.5) is 10.6 Å². The molecule has 0 saturated heterocycles. The Hall–Kier alpha value is -3.22. The monoisotopic (exact) mass is 322 g/mol. The van der Waals surface area contributed by atoms with Gasteiger partial charge in [-0.25, -0.2) is 14.8 Å². The Balaban J connectivity index is 1.87. The van der Waals surface area contributed by atoms with E-state index in [4.69, 9.17) is 0 Å². The molecule has 7 nitrogen and oxygen atoms in total. The molecule has 2 heterocycles. The quantitative estimate of drug-likeness (QED) is 0.772. The maximum Gasteiger partial charge on any atom is 0.321 e. The minimum atomic E-state index is -0.372. The summed E-state index contributed by atoms with van der Waals surface area (Å²) in [4.78, 5) is 24.7. The van der Waals surface area contributed by atoms with Crippen molar-refractivity contribution in [2.24, 2.45) is 7.05 Å². The van der Waals surface area contributed by atoms with Crippen LogP contribution < -0.4 is 10.6 Å². The van der Waals surface area contributed by atoms with E-state index in [1.165, 1.54) is 12.4 Å². The van der Waals surface area contributed by atoms with Gasteiger partial charge < -0.3 is 9.88 Å². The van der Waals surface area contributed by atoms with Crippen molar-refractivity contribution in [1.29, 1.82) is 0 Å². The summed E-state index contributed by atoms with van der Waals surface area (Å²) in [5.74, 6) is 1.14. The normalized spacial score (nSPS) is 11.8. The van der Waals surface area contributed by atoms with Crippen LogP contribution in [0.5, 0.6) is 0 Å². The molecule has 0 radical (unpaired) electrons. The van der Waals surface area contributed by atoms with E-state index >= 15 is 0 Å². The molecule has 0 fully saturated rings. The Morgan fingerprint density at radius 1 is 1.17 bits per heavy atom. The standard InChI is InChI=1S/C17H18N6O/c1-12-5-3-4-6-13(12)15(16-20-9-10-23(16)2)22-17(24)21-14-11-18-7-8-19-14/h3-11,15H,1-2H3,(H2,19,21,22,24). The molecule has 2 amide bonds. The zero-order valence-corrected chi connectivity index (χ0v) is 13.5. The van der Waals surface area contributed by atoms with E-state index in [-0.39, 0.29) is 12.1 Å². The second kappa shape index (κ2) is 6.91. The summed E-state index contributed by atoms with van der Waals surface area (Å²) in [7, 11) is 1.90. The number of urea groups is 1. The van der Waals surface area contributed by atoms with Crippen LogP contribution in [0, 0.1) is 6.92 Å². The lowest BCUT2D eigenvalue weighted by atomic mass is 10.0. The van der Waals surface area contributed by atoms with E-state index in [0.29, 0.717) is 5.82 Å². The molecule has 2 N–H and O–H groups in total. The first-order chi connectivity index (χ1) is 11.6. The van der Waals surface area contributed by atoms with Crippen LogP contribution in [-0.4, -0.2) is 25.6 Å². The molecule has 3 rings (SSSR count). The third-order valence-electron chi connectivity index (χ3n) is 3.70. The summed E-state index contributed by atoms with van der Waals surface area (Å²) in [6, 6.07) is 7.16. The Labute approximate surface area is 139 Å². The predicted molar refractivity (Wildman–Crippen MR) is 90.4 cm³/mol. The highest BCUT2D eigenvalue weighted by Crippen LogP contribution is 2.23. The Morgan fingerprint density at radius 3 is 2.67 bits per heavy atom. The lowest BCUT2D eigenvalue weighted by Gasteiger charge is -2.21. The molecule has 0 aliphatic heterocycles. The molecule has 7 heteroatoms. The molecule has 1 atom stereocenters. The van der Waals surface area contributed by atoms with Gasteiger partial charge in [-0.15, -0.1) is 0 Å². The van der Waals surface area contributed by atoms with Crippen LogP contribution in [0.25, 0.3) is 0 Å². The number of nitrogens with one attached hydrogen (secondary N) is 2. The highest BCUT2D eigenvalue weighted by molar-refractivity contribution is 5.88. The fourth-order valence-electron chi connectivity index (χ4n) is 2.49. The Morgan fingerprint density at radius 2 is 2.00 bits per heavy atom. The van der Waals surface area contributed by atoms with Gasteiger partial charge in [-0.2, -0.15) is 0 Å². The highest BCUT2D eigenvalue weighted by atomic mass is 16.2. The van der Waals surface area contributed by atoms with E-state index in [2.05, 4.69) is 25.6 Å². The van der Waals surface area contributed by atoms with Crippen molar-refractivity contribution in [3.63, 3.8) is 0 Å². The Kier molecular flexibility index (Phi) is 4.51. The van der Waals surface area contributed by atoms with Crippen molar-refractivity contribution in [2.75, 3.05) is 5.32 Å². The maximum absolute atomic E-state index is 12.4. The number of amides is 2. The smallest absolute Gasteiger partial charge is 0.321 e. The molecule has 3 aromatic rings. The fraction of sp³-hybridized carbons (Fsp3) is 0.176. The summed E-state index contributed by atoms with van der Waals surface area (Å²) >= 11 is 0. The van der Waals surface area contributed by atoms with Gasteiger partial charge in [0, 0.05) is 31.8 Å². The molecule has 0 saturated carbocycles. The first-order valence-corrected chi connectivity index (χ1v) is 7.51. The minimum absolute atomic E-state index is 0.369. The van der Waals surface area contributed by atoms with Gasteiger partial charge in [-0.3, -0.25) is 10.3 Å². The number of carbonyl (C=O) groups excluding carboxylic acids is 1. The molecule has 24 heavy (non-hydrogen) atoms. The van der Waals surface area contributed by atoms with Gasteiger partial charge >= 0.3 is 6.03 Å². The third kappa shape index (κ3) is 3.40. The van der Waals surface area contributed by atoms with Crippen molar-refractivity contribution in [3.05, 3.63) is 72.2 Å². The number of rotatable bonds is 4. The van der Waals surface area contributed by atoms with Crippen molar-refractivity contribution < 1.29 is 4.79 Å². The summed E-state index contributed by atoms with van der Waals surface area (Å²) in [6.45, 7) is 2.01. The zero-order chi connectivity index (χ0) is 16.9. The van der Waals surface area contributed by atoms with Crippen LogP contribution in [0.3, 0.4) is 0 Å². The van der Waals surface area contributed by atoms with Crippen LogP contribution in [-0.2, 0) is 7.05 Å². The number of hydrogen-bond acceptors (Lipinski definition) is 4. The molecule has 0 aliphatic rings. The molecule has 122 valence electrons. The molecule has 0 bridgehead atoms. The second-order valence-electron chi connectivity index (χ2n) is 5.38. The van der Waals surface area contributed by atoms with E-state index in [0.717, 1.165) is 17.0 Å². The lowest BCUT2D eigenvalue weighted by molar-refractivity contribution is 0.249. The van der Waals surface area contributed by atoms with Gasteiger partial charge in [-0.05, 0) is 18.1 Å². The van der Waals surface area contributed by atoms with E-state index in [1.54, 1.807) is 12.4 Å². The number of aromatic nitrogens is 4. The van der Waals surface area contributed by atoms with Crippen LogP contribution in [0.2, 0.25) is 0 Å². The van der Waals surface area contributed by atoms with E-state index in [9.17, 15) is 4.79 Å². The average molecular weight is 322 g/mol. The van der Waals surface area contributed by atoms with Crippen LogP contribution in [0.15, 0.2) is 55.2 Å². The average Bonchev–Trinajstić information content (AvgIpc) is 3.00. The largest absolute Gasteiger partial charge is 0.336 e. The third-order valence-corrected chi connectivity index (χ3v) is 3.70. The highest BCUT2D eigenvalue weighted by Gasteiger charge is 2.22. The first kappa shape index (κ1) is 15.7. The van der Waals surface area contributed by atoms with Crippen molar-refractivity contribution in [2.45, 2.75) is 13.0 Å². The number of anilines is 1. The zero-order valence-electron chi connectivity index (χ0n) is 13.5. The van der Waals surface area contributed by atoms with Crippen LogP contribution >= 0.6 is 0 Å². The molecular weight excluding hydrogens is 304 g/mol. The van der Waals surface area contributed by atoms with Gasteiger partial charge in [0.25, 0.3) is 0 Å². The molecule has 0 spiro atoms. The second-order valence-corrected chi connectivity index (χ2v) is 5.38.